The number of aromatic carboxylic acids is 1. The molecule has 4 heteroatoms. The van der Waals surface area contributed by atoms with Gasteiger partial charge < -0.3 is 14.8 Å². The summed E-state index contributed by atoms with van der Waals surface area (Å²) in [6.45, 7) is 4.62. The van der Waals surface area contributed by atoms with E-state index >= 15 is 0 Å². The largest absolute Gasteiger partial charge is 0.475 e. The van der Waals surface area contributed by atoms with Gasteiger partial charge >= 0.3 is 5.97 Å². The summed E-state index contributed by atoms with van der Waals surface area (Å²) in [4.78, 5) is 10.8. The quantitative estimate of drug-likeness (QED) is 0.844. The first-order valence-electron chi connectivity index (χ1n) is 6.14. The van der Waals surface area contributed by atoms with Crippen molar-refractivity contribution in [3.63, 3.8) is 0 Å². The zero-order valence-corrected chi connectivity index (χ0v) is 10.3. The number of furan rings is 1. The minimum atomic E-state index is -0.997. The first-order valence-corrected chi connectivity index (χ1v) is 6.14. The van der Waals surface area contributed by atoms with Crippen molar-refractivity contribution in [2.24, 2.45) is 5.92 Å². The van der Waals surface area contributed by atoms with Crippen LogP contribution in [0.4, 0.5) is 0 Å². The molecule has 0 bridgehead atoms. The third kappa shape index (κ3) is 2.69. The molecule has 2 atom stereocenters. The Labute approximate surface area is 101 Å². The molecule has 1 aromatic rings. The second kappa shape index (κ2) is 4.92. The van der Waals surface area contributed by atoms with Crippen molar-refractivity contribution in [1.82, 2.24) is 5.32 Å². The third-order valence-corrected chi connectivity index (χ3v) is 3.56. The van der Waals surface area contributed by atoms with Crippen molar-refractivity contribution in [3.05, 3.63) is 23.2 Å². The van der Waals surface area contributed by atoms with Crippen LogP contribution in [0.25, 0.3) is 0 Å². The van der Waals surface area contributed by atoms with E-state index in [9.17, 15) is 4.79 Å². The number of aryl methyl sites for hydroxylation is 1. The van der Waals surface area contributed by atoms with Gasteiger partial charge in [0.25, 0.3) is 0 Å². The highest BCUT2D eigenvalue weighted by Gasteiger charge is 2.23. The van der Waals surface area contributed by atoms with Crippen LogP contribution in [0.5, 0.6) is 0 Å². The zero-order valence-electron chi connectivity index (χ0n) is 10.3. The van der Waals surface area contributed by atoms with E-state index in [1.54, 1.807) is 13.0 Å². The Morgan fingerprint density at radius 3 is 2.88 bits per heavy atom. The van der Waals surface area contributed by atoms with E-state index < -0.39 is 5.97 Å². The second-order valence-electron chi connectivity index (χ2n) is 4.93. The van der Waals surface area contributed by atoms with Crippen LogP contribution in [-0.4, -0.2) is 17.1 Å². The van der Waals surface area contributed by atoms with Crippen LogP contribution >= 0.6 is 0 Å². The fourth-order valence-electron chi connectivity index (χ4n) is 2.53. The minimum absolute atomic E-state index is 0.0567. The standard InChI is InChI=1S/C13H19NO3/c1-8-4-3-5-11(8)14-7-10-6-9(2)12(17-10)13(15)16/h6,8,11,14H,3-5,7H2,1-2H3,(H,15,16). The summed E-state index contributed by atoms with van der Waals surface area (Å²) in [6.07, 6.45) is 3.75. The molecule has 2 N–H and O–H groups in total. The summed E-state index contributed by atoms with van der Waals surface area (Å²) in [5.74, 6) is 0.466. The molecule has 0 radical (unpaired) electrons. The number of hydrogen-bond acceptors (Lipinski definition) is 3. The average molecular weight is 237 g/mol. The van der Waals surface area contributed by atoms with Gasteiger partial charge in [-0.05, 0) is 31.7 Å². The van der Waals surface area contributed by atoms with Gasteiger partial charge in [0, 0.05) is 11.6 Å². The molecule has 0 spiro atoms. The first-order chi connectivity index (χ1) is 8.08. The molecule has 17 heavy (non-hydrogen) atoms. The van der Waals surface area contributed by atoms with E-state index in [0.29, 0.717) is 29.8 Å². The fraction of sp³-hybridized carbons (Fsp3) is 0.615. The highest BCUT2D eigenvalue weighted by Crippen LogP contribution is 2.25. The Balaban J connectivity index is 1.95. The van der Waals surface area contributed by atoms with Gasteiger partial charge in [0.2, 0.25) is 5.76 Å². The summed E-state index contributed by atoms with van der Waals surface area (Å²) < 4.78 is 5.31. The van der Waals surface area contributed by atoms with Crippen molar-refractivity contribution in [2.75, 3.05) is 0 Å². The first kappa shape index (κ1) is 12.2. The van der Waals surface area contributed by atoms with Crippen LogP contribution in [-0.2, 0) is 6.54 Å². The van der Waals surface area contributed by atoms with Gasteiger partial charge in [-0.3, -0.25) is 0 Å². The van der Waals surface area contributed by atoms with Crippen LogP contribution in [0.1, 0.15) is 48.1 Å². The lowest BCUT2D eigenvalue weighted by Crippen LogP contribution is -2.30. The van der Waals surface area contributed by atoms with Gasteiger partial charge in [-0.1, -0.05) is 13.3 Å². The van der Waals surface area contributed by atoms with Gasteiger partial charge in [0.15, 0.2) is 0 Å². The highest BCUT2D eigenvalue weighted by molar-refractivity contribution is 5.86. The molecule has 0 amide bonds. The molecule has 0 saturated heterocycles. The smallest absolute Gasteiger partial charge is 0.372 e. The van der Waals surface area contributed by atoms with E-state index in [4.69, 9.17) is 9.52 Å². The third-order valence-electron chi connectivity index (χ3n) is 3.56. The van der Waals surface area contributed by atoms with Gasteiger partial charge in [-0.2, -0.15) is 0 Å². The molecule has 2 rings (SSSR count). The lowest BCUT2D eigenvalue weighted by atomic mass is 10.1. The SMILES string of the molecule is Cc1cc(CNC2CCCC2C)oc1C(=O)O. The number of carbonyl (C=O) groups is 1. The van der Waals surface area contributed by atoms with Crippen LogP contribution in [0.2, 0.25) is 0 Å². The maximum Gasteiger partial charge on any atom is 0.372 e. The lowest BCUT2D eigenvalue weighted by molar-refractivity contribution is 0.0659. The van der Waals surface area contributed by atoms with Gasteiger partial charge in [-0.25, -0.2) is 4.79 Å². The highest BCUT2D eigenvalue weighted by atomic mass is 16.4. The number of hydrogen-bond donors (Lipinski definition) is 2. The Bertz CT molecular complexity index is 411. The van der Waals surface area contributed by atoms with Gasteiger partial charge in [0.1, 0.15) is 5.76 Å². The van der Waals surface area contributed by atoms with Gasteiger partial charge in [-0.15, -0.1) is 0 Å². The summed E-state index contributed by atoms with van der Waals surface area (Å²) in [6, 6.07) is 2.34. The summed E-state index contributed by atoms with van der Waals surface area (Å²) in [5, 5.41) is 12.3. The summed E-state index contributed by atoms with van der Waals surface area (Å²) in [5.41, 5.74) is 0.689. The minimum Gasteiger partial charge on any atom is -0.475 e. The molecule has 0 aliphatic heterocycles. The number of carboxylic acid groups (broad SMARTS) is 1. The molecule has 1 aliphatic rings. The van der Waals surface area contributed by atoms with E-state index in [0.717, 1.165) is 0 Å². The van der Waals surface area contributed by atoms with Crippen molar-refractivity contribution in [2.45, 2.75) is 45.7 Å². The van der Waals surface area contributed by atoms with Crippen molar-refractivity contribution < 1.29 is 14.3 Å². The maximum absolute atomic E-state index is 10.8. The molecule has 1 heterocycles. The Morgan fingerprint density at radius 2 is 2.35 bits per heavy atom. The van der Waals surface area contributed by atoms with Crippen LogP contribution in [0.3, 0.4) is 0 Å². The zero-order chi connectivity index (χ0) is 12.4. The molecule has 1 aromatic heterocycles. The Morgan fingerprint density at radius 1 is 1.59 bits per heavy atom. The van der Waals surface area contributed by atoms with Gasteiger partial charge in [0.05, 0.1) is 6.54 Å². The lowest BCUT2D eigenvalue weighted by Gasteiger charge is -2.16. The topological polar surface area (TPSA) is 62.5 Å². The Kier molecular flexibility index (Phi) is 3.52. The van der Waals surface area contributed by atoms with E-state index in [1.807, 2.05) is 0 Å². The molecule has 2 unspecified atom stereocenters. The molecule has 4 nitrogen and oxygen atoms in total. The molecule has 1 saturated carbocycles. The van der Waals surface area contributed by atoms with Crippen LogP contribution in [0.15, 0.2) is 10.5 Å². The summed E-state index contributed by atoms with van der Waals surface area (Å²) >= 11 is 0. The number of rotatable bonds is 4. The molecular weight excluding hydrogens is 218 g/mol. The average Bonchev–Trinajstić information content (AvgIpc) is 2.82. The van der Waals surface area contributed by atoms with Crippen molar-refractivity contribution in [1.29, 1.82) is 0 Å². The van der Waals surface area contributed by atoms with E-state index in [-0.39, 0.29) is 5.76 Å². The maximum atomic E-state index is 10.8. The number of nitrogens with one attached hydrogen (secondary N) is 1. The monoisotopic (exact) mass is 237 g/mol. The predicted octanol–water partition coefficient (Wildman–Crippen LogP) is 2.56. The normalized spacial score (nSPS) is 24.1. The van der Waals surface area contributed by atoms with Crippen molar-refractivity contribution in [3.8, 4) is 0 Å². The fourth-order valence-corrected chi connectivity index (χ4v) is 2.53. The van der Waals surface area contributed by atoms with Crippen molar-refractivity contribution >= 4 is 5.97 Å². The molecular formula is C13H19NO3. The molecule has 1 aliphatic carbocycles. The summed E-state index contributed by atoms with van der Waals surface area (Å²) in [7, 11) is 0. The van der Waals surface area contributed by atoms with Crippen LogP contribution < -0.4 is 5.32 Å². The molecule has 94 valence electrons. The molecule has 1 fully saturated rings. The Hall–Kier alpha value is -1.29. The predicted molar refractivity (Wildman–Crippen MR) is 64.0 cm³/mol. The number of carboxylic acids is 1. The van der Waals surface area contributed by atoms with E-state index in [1.165, 1.54) is 19.3 Å². The molecule has 0 aromatic carbocycles. The van der Waals surface area contributed by atoms with E-state index in [2.05, 4.69) is 12.2 Å². The van der Waals surface area contributed by atoms with Crippen LogP contribution in [0, 0.1) is 12.8 Å². The second-order valence-corrected chi connectivity index (χ2v) is 4.93.